The molecule has 1 aromatic heterocycles. The van der Waals surface area contributed by atoms with Gasteiger partial charge in [-0.25, -0.2) is 21.8 Å². The number of anilines is 1. The Morgan fingerprint density at radius 3 is 1.42 bits per heavy atom. The molecule has 8 nitrogen and oxygen atoms in total. The van der Waals surface area contributed by atoms with Crippen LogP contribution in [0.5, 0.6) is 0 Å². The van der Waals surface area contributed by atoms with E-state index in [4.69, 9.17) is 0 Å². The molecule has 164 valence electrons. The lowest BCUT2D eigenvalue weighted by Crippen LogP contribution is -2.35. The molecule has 3 rings (SSSR count). The van der Waals surface area contributed by atoms with Crippen molar-refractivity contribution in [3.8, 4) is 0 Å². The van der Waals surface area contributed by atoms with Crippen molar-refractivity contribution >= 4 is 25.6 Å². The standard InChI is InChI=1S/C21H24N4O4S2/c1-17-22-18(2)24-21(23-17)25(13-15-30(26,27)19-9-5-3-6-10-19)14-16-31(28,29)20-11-7-4-8-12-20/h3-12H,13-16H2,1-2H3. The van der Waals surface area contributed by atoms with Crippen molar-refractivity contribution in [2.24, 2.45) is 0 Å². The van der Waals surface area contributed by atoms with Crippen LogP contribution in [0, 0.1) is 13.8 Å². The third kappa shape index (κ3) is 6.08. The smallest absolute Gasteiger partial charge is 0.228 e. The Balaban J connectivity index is 1.83. The van der Waals surface area contributed by atoms with Gasteiger partial charge in [0, 0.05) is 13.1 Å². The highest BCUT2D eigenvalue weighted by atomic mass is 32.2. The number of benzene rings is 2. The summed E-state index contributed by atoms with van der Waals surface area (Å²) < 4.78 is 50.9. The first-order chi connectivity index (χ1) is 14.7. The minimum absolute atomic E-state index is 0.0461. The molecule has 0 aliphatic carbocycles. The third-order valence-corrected chi connectivity index (χ3v) is 8.02. The molecule has 0 amide bonds. The minimum atomic E-state index is -3.55. The first-order valence-electron chi connectivity index (χ1n) is 9.67. The second kappa shape index (κ2) is 9.52. The zero-order chi connectivity index (χ0) is 22.5. The molecule has 0 spiro atoms. The molecule has 0 saturated carbocycles. The summed E-state index contributed by atoms with van der Waals surface area (Å²) >= 11 is 0. The summed E-state index contributed by atoms with van der Waals surface area (Å²) in [6, 6.07) is 16.3. The largest absolute Gasteiger partial charge is 0.339 e. The van der Waals surface area contributed by atoms with Gasteiger partial charge in [-0.05, 0) is 38.1 Å². The fraction of sp³-hybridized carbons (Fsp3) is 0.286. The van der Waals surface area contributed by atoms with E-state index in [0.29, 0.717) is 11.6 Å². The number of aromatic nitrogens is 3. The van der Waals surface area contributed by atoms with Crippen LogP contribution in [0.25, 0.3) is 0 Å². The van der Waals surface area contributed by atoms with Crippen molar-refractivity contribution in [2.45, 2.75) is 23.6 Å². The van der Waals surface area contributed by atoms with Crippen LogP contribution in [0.1, 0.15) is 11.6 Å². The molecular weight excluding hydrogens is 436 g/mol. The average molecular weight is 461 g/mol. The maximum absolute atomic E-state index is 12.7. The van der Waals surface area contributed by atoms with Crippen LogP contribution in [0.3, 0.4) is 0 Å². The van der Waals surface area contributed by atoms with Crippen LogP contribution in [0.15, 0.2) is 70.5 Å². The van der Waals surface area contributed by atoms with Gasteiger partial charge in [-0.15, -0.1) is 0 Å². The van der Waals surface area contributed by atoms with E-state index in [1.165, 1.54) is 24.3 Å². The Hall–Kier alpha value is -2.85. The van der Waals surface area contributed by atoms with Crippen molar-refractivity contribution in [3.05, 3.63) is 72.3 Å². The second-order valence-corrected chi connectivity index (χ2v) is 11.2. The summed E-state index contributed by atoms with van der Waals surface area (Å²) in [7, 11) is -7.10. The van der Waals surface area contributed by atoms with Gasteiger partial charge < -0.3 is 4.90 Å². The van der Waals surface area contributed by atoms with Crippen LogP contribution in [-0.2, 0) is 19.7 Å². The lowest BCUT2D eigenvalue weighted by molar-refractivity contribution is 0.592. The highest BCUT2D eigenvalue weighted by molar-refractivity contribution is 7.91. The second-order valence-electron chi connectivity index (χ2n) is 6.98. The number of hydrogen-bond acceptors (Lipinski definition) is 8. The summed E-state index contributed by atoms with van der Waals surface area (Å²) in [5, 5.41) is 0. The molecule has 0 bridgehead atoms. The molecule has 1 heterocycles. The van der Waals surface area contributed by atoms with E-state index >= 15 is 0 Å². The van der Waals surface area contributed by atoms with E-state index in [2.05, 4.69) is 15.0 Å². The van der Waals surface area contributed by atoms with Gasteiger partial charge in [0.2, 0.25) is 5.95 Å². The van der Waals surface area contributed by atoms with Crippen molar-refractivity contribution in [1.82, 2.24) is 15.0 Å². The summed E-state index contributed by atoms with van der Waals surface area (Å²) in [6.07, 6.45) is 0. The van der Waals surface area contributed by atoms with Gasteiger partial charge in [-0.2, -0.15) is 9.97 Å². The molecule has 0 aliphatic heterocycles. The Bertz CT molecular complexity index is 1140. The van der Waals surface area contributed by atoms with Gasteiger partial charge >= 0.3 is 0 Å². The van der Waals surface area contributed by atoms with E-state index in [9.17, 15) is 16.8 Å². The zero-order valence-electron chi connectivity index (χ0n) is 17.3. The van der Waals surface area contributed by atoms with Gasteiger partial charge in [-0.1, -0.05) is 36.4 Å². The number of rotatable bonds is 9. The predicted molar refractivity (Wildman–Crippen MR) is 119 cm³/mol. The molecule has 0 atom stereocenters. The molecule has 0 saturated heterocycles. The van der Waals surface area contributed by atoms with Crippen molar-refractivity contribution in [1.29, 1.82) is 0 Å². The first-order valence-corrected chi connectivity index (χ1v) is 13.0. The molecule has 31 heavy (non-hydrogen) atoms. The van der Waals surface area contributed by atoms with E-state index in [1.807, 2.05) is 0 Å². The number of hydrogen-bond donors (Lipinski definition) is 0. The van der Waals surface area contributed by atoms with E-state index < -0.39 is 19.7 Å². The van der Waals surface area contributed by atoms with E-state index in [1.54, 1.807) is 55.1 Å². The van der Waals surface area contributed by atoms with Gasteiger partial charge in [0.15, 0.2) is 19.7 Å². The summed E-state index contributed by atoms with van der Waals surface area (Å²) in [4.78, 5) is 14.8. The zero-order valence-corrected chi connectivity index (χ0v) is 19.0. The first kappa shape index (κ1) is 22.8. The van der Waals surface area contributed by atoms with Crippen LogP contribution >= 0.6 is 0 Å². The fourth-order valence-corrected chi connectivity index (χ4v) is 5.54. The molecule has 0 unspecified atom stereocenters. The van der Waals surface area contributed by atoms with Gasteiger partial charge in [-0.3, -0.25) is 0 Å². The Labute approximate surface area is 182 Å². The summed E-state index contributed by atoms with van der Waals surface area (Å²) in [5.74, 6) is 0.809. The lowest BCUT2D eigenvalue weighted by Gasteiger charge is -2.23. The SMILES string of the molecule is Cc1nc(C)nc(N(CCS(=O)(=O)c2ccccc2)CCS(=O)(=O)c2ccccc2)n1. The molecule has 10 heteroatoms. The fourth-order valence-electron chi connectivity index (χ4n) is 3.00. The number of nitrogens with zero attached hydrogens (tertiary/aromatic N) is 4. The summed E-state index contributed by atoms with van der Waals surface area (Å²) in [6.45, 7) is 3.50. The molecule has 0 N–H and O–H groups in total. The topological polar surface area (TPSA) is 110 Å². The predicted octanol–water partition coefficient (Wildman–Crippen LogP) is 2.24. The van der Waals surface area contributed by atoms with Crippen molar-refractivity contribution < 1.29 is 16.8 Å². The number of sulfone groups is 2. The van der Waals surface area contributed by atoms with Gasteiger partial charge in [0.05, 0.1) is 21.3 Å². The molecule has 0 aliphatic rings. The van der Waals surface area contributed by atoms with E-state index in [-0.39, 0.29) is 40.3 Å². The Morgan fingerprint density at radius 1 is 0.645 bits per heavy atom. The quantitative estimate of drug-likeness (QED) is 0.478. The average Bonchev–Trinajstić information content (AvgIpc) is 2.74. The molecule has 3 aromatic rings. The highest BCUT2D eigenvalue weighted by Gasteiger charge is 2.22. The third-order valence-electron chi connectivity index (χ3n) is 4.59. The number of aryl methyl sites for hydroxylation is 2. The maximum Gasteiger partial charge on any atom is 0.228 e. The van der Waals surface area contributed by atoms with Crippen LogP contribution in [0.4, 0.5) is 5.95 Å². The maximum atomic E-state index is 12.7. The van der Waals surface area contributed by atoms with E-state index in [0.717, 1.165) is 0 Å². The summed E-state index contributed by atoms with van der Waals surface area (Å²) in [5.41, 5.74) is 0. The Kier molecular flexibility index (Phi) is 7.01. The molecule has 2 aromatic carbocycles. The van der Waals surface area contributed by atoms with Gasteiger partial charge in [0.25, 0.3) is 0 Å². The monoisotopic (exact) mass is 460 g/mol. The molecule has 0 radical (unpaired) electrons. The van der Waals surface area contributed by atoms with Crippen LogP contribution in [-0.4, -0.2) is 56.4 Å². The van der Waals surface area contributed by atoms with Crippen LogP contribution < -0.4 is 4.90 Å². The normalized spacial score (nSPS) is 11.9. The van der Waals surface area contributed by atoms with Crippen molar-refractivity contribution in [2.75, 3.05) is 29.5 Å². The lowest BCUT2D eigenvalue weighted by atomic mass is 10.4. The molecule has 0 fully saturated rings. The highest BCUT2D eigenvalue weighted by Crippen LogP contribution is 2.15. The van der Waals surface area contributed by atoms with Crippen LogP contribution in [0.2, 0.25) is 0 Å². The Morgan fingerprint density at radius 2 is 1.03 bits per heavy atom. The molecular formula is C21H24N4O4S2. The van der Waals surface area contributed by atoms with Crippen molar-refractivity contribution in [3.63, 3.8) is 0 Å². The van der Waals surface area contributed by atoms with Gasteiger partial charge in [0.1, 0.15) is 11.6 Å². The minimum Gasteiger partial charge on any atom is -0.339 e.